The molecule has 0 spiro atoms. The molecule has 1 heterocycles. The molecule has 20 heavy (non-hydrogen) atoms. The minimum atomic E-state index is 0.00755. The molecule has 0 fully saturated rings. The average molecular weight is 272 g/mol. The van der Waals surface area contributed by atoms with Gasteiger partial charge in [0.2, 0.25) is 0 Å². The Balaban J connectivity index is 2.16. The fourth-order valence-corrected chi connectivity index (χ4v) is 2.10. The van der Waals surface area contributed by atoms with Gasteiger partial charge in [0.15, 0.2) is 0 Å². The van der Waals surface area contributed by atoms with Crippen LogP contribution in [0.15, 0.2) is 30.6 Å². The first kappa shape index (κ1) is 14.1. The summed E-state index contributed by atoms with van der Waals surface area (Å²) in [5.41, 5.74) is 2.69. The highest BCUT2D eigenvalue weighted by molar-refractivity contribution is 5.95. The second-order valence-corrected chi connectivity index (χ2v) is 4.90. The molecule has 0 atom stereocenters. The summed E-state index contributed by atoms with van der Waals surface area (Å²) in [5.74, 6) is 0.874. The summed E-state index contributed by atoms with van der Waals surface area (Å²) in [7, 11) is 5.58. The molecule has 2 aromatic rings. The second kappa shape index (κ2) is 5.77. The number of carbonyl (C=O) groups excluding carboxylic acids is 1. The molecule has 0 aliphatic rings. The first-order valence-corrected chi connectivity index (χ1v) is 6.53. The number of anilines is 1. The fraction of sp³-hybridized carbons (Fsp3) is 0.333. The first-order valence-electron chi connectivity index (χ1n) is 6.53. The molecular formula is C15H20N4O. The van der Waals surface area contributed by atoms with Gasteiger partial charge in [-0.05, 0) is 30.7 Å². The molecular weight excluding hydrogens is 252 g/mol. The molecule has 2 rings (SSSR count). The van der Waals surface area contributed by atoms with Crippen LogP contribution in [0, 0.1) is 6.92 Å². The number of hydrogen-bond donors (Lipinski definition) is 1. The van der Waals surface area contributed by atoms with Gasteiger partial charge < -0.3 is 14.8 Å². The standard InChI is InChI=1S/C15H20N4O/c1-11-9-12(16-2)5-6-13(11)15(20)19(4)10-14-17-7-8-18(14)3/h5-9,16H,10H2,1-4H3. The van der Waals surface area contributed by atoms with Crippen molar-refractivity contribution in [3.05, 3.63) is 47.5 Å². The van der Waals surface area contributed by atoms with Gasteiger partial charge in [-0.3, -0.25) is 4.79 Å². The average Bonchev–Trinajstić information content (AvgIpc) is 2.83. The molecule has 0 saturated heterocycles. The molecule has 0 aliphatic heterocycles. The highest BCUT2D eigenvalue weighted by Gasteiger charge is 2.16. The van der Waals surface area contributed by atoms with Crippen LogP contribution in [0.25, 0.3) is 0 Å². The predicted octanol–water partition coefficient (Wildman–Crippen LogP) is 2.04. The normalized spacial score (nSPS) is 10.4. The van der Waals surface area contributed by atoms with Crippen molar-refractivity contribution in [1.29, 1.82) is 0 Å². The van der Waals surface area contributed by atoms with Gasteiger partial charge in [-0.2, -0.15) is 0 Å². The molecule has 1 aromatic heterocycles. The molecule has 0 saturated carbocycles. The van der Waals surface area contributed by atoms with Gasteiger partial charge in [-0.15, -0.1) is 0 Å². The Bertz CT molecular complexity index is 618. The van der Waals surface area contributed by atoms with Gasteiger partial charge in [0.1, 0.15) is 5.82 Å². The number of amides is 1. The number of hydrogen-bond acceptors (Lipinski definition) is 3. The Labute approximate surface area is 119 Å². The van der Waals surface area contributed by atoms with Gasteiger partial charge in [0.25, 0.3) is 5.91 Å². The van der Waals surface area contributed by atoms with Crippen LogP contribution in [0.2, 0.25) is 0 Å². The highest BCUT2D eigenvalue weighted by atomic mass is 16.2. The molecule has 0 unspecified atom stereocenters. The fourth-order valence-electron chi connectivity index (χ4n) is 2.10. The van der Waals surface area contributed by atoms with E-state index in [1.54, 1.807) is 18.1 Å². The van der Waals surface area contributed by atoms with Crippen molar-refractivity contribution in [3.63, 3.8) is 0 Å². The lowest BCUT2D eigenvalue weighted by Gasteiger charge is -2.18. The van der Waals surface area contributed by atoms with Gasteiger partial charge in [0, 0.05) is 44.8 Å². The van der Waals surface area contributed by atoms with Gasteiger partial charge in [0.05, 0.1) is 6.54 Å². The number of nitrogens with zero attached hydrogens (tertiary/aromatic N) is 3. The quantitative estimate of drug-likeness (QED) is 0.926. The number of benzene rings is 1. The number of carbonyl (C=O) groups is 1. The minimum Gasteiger partial charge on any atom is -0.388 e. The van der Waals surface area contributed by atoms with Crippen LogP contribution in [-0.2, 0) is 13.6 Å². The molecule has 0 aliphatic carbocycles. The molecule has 0 radical (unpaired) electrons. The maximum absolute atomic E-state index is 12.5. The zero-order valence-corrected chi connectivity index (χ0v) is 12.3. The molecule has 106 valence electrons. The summed E-state index contributed by atoms with van der Waals surface area (Å²) < 4.78 is 1.92. The lowest BCUT2D eigenvalue weighted by molar-refractivity contribution is 0.0780. The third-order valence-electron chi connectivity index (χ3n) is 3.39. The third kappa shape index (κ3) is 2.82. The van der Waals surface area contributed by atoms with E-state index in [0.717, 1.165) is 22.6 Å². The van der Waals surface area contributed by atoms with Gasteiger partial charge in [-0.1, -0.05) is 0 Å². The van der Waals surface area contributed by atoms with Crippen molar-refractivity contribution < 1.29 is 4.79 Å². The third-order valence-corrected chi connectivity index (χ3v) is 3.39. The van der Waals surface area contributed by atoms with Crippen LogP contribution in [0.5, 0.6) is 0 Å². The minimum absolute atomic E-state index is 0.00755. The Morgan fingerprint density at radius 3 is 2.75 bits per heavy atom. The predicted molar refractivity (Wildman–Crippen MR) is 79.7 cm³/mol. The zero-order valence-electron chi connectivity index (χ0n) is 12.3. The lowest BCUT2D eigenvalue weighted by Crippen LogP contribution is -2.28. The van der Waals surface area contributed by atoms with E-state index in [4.69, 9.17) is 0 Å². The van der Waals surface area contributed by atoms with Crippen molar-refractivity contribution in [2.45, 2.75) is 13.5 Å². The summed E-state index contributed by atoms with van der Waals surface area (Å²) in [6.45, 7) is 2.44. The Morgan fingerprint density at radius 2 is 2.20 bits per heavy atom. The van der Waals surface area contributed by atoms with Crippen molar-refractivity contribution >= 4 is 11.6 Å². The van der Waals surface area contributed by atoms with Crippen LogP contribution < -0.4 is 5.32 Å². The number of aromatic nitrogens is 2. The van der Waals surface area contributed by atoms with Crippen LogP contribution in [-0.4, -0.2) is 34.5 Å². The lowest BCUT2D eigenvalue weighted by atomic mass is 10.1. The molecule has 1 N–H and O–H groups in total. The van der Waals surface area contributed by atoms with E-state index in [1.807, 2.05) is 50.0 Å². The van der Waals surface area contributed by atoms with Crippen LogP contribution in [0.3, 0.4) is 0 Å². The molecule has 1 aromatic carbocycles. The summed E-state index contributed by atoms with van der Waals surface area (Å²) in [5, 5.41) is 3.07. The molecule has 0 bridgehead atoms. The Morgan fingerprint density at radius 1 is 1.45 bits per heavy atom. The maximum Gasteiger partial charge on any atom is 0.254 e. The summed E-state index contributed by atoms with van der Waals surface area (Å²) in [6, 6.07) is 5.75. The van der Waals surface area contributed by atoms with E-state index < -0.39 is 0 Å². The first-order chi connectivity index (χ1) is 9.52. The number of nitrogens with one attached hydrogen (secondary N) is 1. The SMILES string of the molecule is CNc1ccc(C(=O)N(C)Cc2nccn2C)c(C)c1. The van der Waals surface area contributed by atoms with Crippen LogP contribution >= 0.6 is 0 Å². The van der Waals surface area contributed by atoms with Crippen molar-refractivity contribution in [3.8, 4) is 0 Å². The van der Waals surface area contributed by atoms with Crippen molar-refractivity contribution in [2.24, 2.45) is 7.05 Å². The van der Waals surface area contributed by atoms with Gasteiger partial charge in [-0.25, -0.2) is 4.98 Å². The second-order valence-electron chi connectivity index (χ2n) is 4.90. The van der Waals surface area contributed by atoms with E-state index in [2.05, 4.69) is 10.3 Å². The van der Waals surface area contributed by atoms with E-state index in [1.165, 1.54) is 0 Å². The van der Waals surface area contributed by atoms with Crippen LogP contribution in [0.4, 0.5) is 5.69 Å². The molecule has 5 heteroatoms. The number of aryl methyl sites for hydroxylation is 2. The summed E-state index contributed by atoms with van der Waals surface area (Å²) in [4.78, 5) is 18.4. The Kier molecular flexibility index (Phi) is 4.08. The van der Waals surface area contributed by atoms with E-state index in [9.17, 15) is 4.79 Å². The van der Waals surface area contributed by atoms with Gasteiger partial charge >= 0.3 is 0 Å². The monoisotopic (exact) mass is 272 g/mol. The topological polar surface area (TPSA) is 50.2 Å². The van der Waals surface area contributed by atoms with Crippen LogP contribution in [0.1, 0.15) is 21.7 Å². The summed E-state index contributed by atoms with van der Waals surface area (Å²) >= 11 is 0. The van der Waals surface area contributed by atoms with Crippen molar-refractivity contribution in [2.75, 3.05) is 19.4 Å². The summed E-state index contributed by atoms with van der Waals surface area (Å²) in [6.07, 6.45) is 3.61. The van der Waals surface area contributed by atoms with E-state index >= 15 is 0 Å². The Hall–Kier alpha value is -2.30. The molecule has 5 nitrogen and oxygen atoms in total. The highest BCUT2D eigenvalue weighted by Crippen LogP contribution is 2.16. The maximum atomic E-state index is 12.5. The van der Waals surface area contributed by atoms with E-state index in [-0.39, 0.29) is 5.91 Å². The zero-order chi connectivity index (χ0) is 14.7. The van der Waals surface area contributed by atoms with Crippen molar-refractivity contribution in [1.82, 2.24) is 14.5 Å². The molecule has 1 amide bonds. The number of imidazole rings is 1. The smallest absolute Gasteiger partial charge is 0.254 e. The largest absolute Gasteiger partial charge is 0.388 e. The van der Waals surface area contributed by atoms with E-state index in [0.29, 0.717) is 6.54 Å². The number of rotatable bonds is 4.